The molecule has 0 aromatic carbocycles. The first-order chi connectivity index (χ1) is 41.3. The van der Waals surface area contributed by atoms with E-state index in [9.17, 15) is 0 Å². The van der Waals surface area contributed by atoms with E-state index in [0.29, 0.717) is 0 Å². The Morgan fingerprint density at radius 3 is 1.13 bits per heavy atom. The molecule has 0 spiro atoms. The number of nitrogens with one attached hydrogen (secondary N) is 5. The van der Waals surface area contributed by atoms with Crippen LogP contribution in [0.3, 0.4) is 0 Å². The lowest BCUT2D eigenvalue weighted by Gasteiger charge is -2.72. The fourth-order valence-electron chi connectivity index (χ4n) is 21.3. The van der Waals surface area contributed by atoms with Gasteiger partial charge in [-0.15, -0.1) is 0 Å². The van der Waals surface area contributed by atoms with E-state index in [-0.39, 0.29) is 56.4 Å². The second kappa shape index (κ2) is 33.8. The molecule has 0 saturated heterocycles. The summed E-state index contributed by atoms with van der Waals surface area (Å²) in [5.41, 5.74) is -5.43. The zero-order chi connectivity index (χ0) is 71.4. The fraction of sp³-hybridized carbons (Fsp3) is 1.00. The molecule has 90 heavy (non-hydrogen) atoms. The van der Waals surface area contributed by atoms with E-state index in [2.05, 4.69) is 342 Å². The quantitative estimate of drug-likeness (QED) is 0.0373. The molecular weight excluding hydrogens is 1110 g/mol. The molecule has 0 rings (SSSR count). The van der Waals surface area contributed by atoms with Crippen LogP contribution in [0.25, 0.3) is 0 Å². The zero-order valence-electron chi connectivity index (χ0n) is 68.7. The van der Waals surface area contributed by atoms with E-state index in [1.165, 1.54) is 0 Å². The third-order valence-electron chi connectivity index (χ3n) is 27.2. The highest BCUT2D eigenvalue weighted by molar-refractivity contribution is 5.24. The molecule has 0 fully saturated rings. The number of hydrogen-bond donors (Lipinski definition) is 5. The summed E-state index contributed by atoms with van der Waals surface area (Å²) in [6.07, 6.45) is 15.0. The first kappa shape index (κ1) is 89.4. The van der Waals surface area contributed by atoms with Crippen molar-refractivity contribution >= 4 is 0 Å². The summed E-state index contributed by atoms with van der Waals surface area (Å²) in [6, 6.07) is -0.248. The van der Waals surface area contributed by atoms with Crippen molar-refractivity contribution in [1.82, 2.24) is 56.0 Å². The van der Waals surface area contributed by atoms with Gasteiger partial charge in [-0.1, -0.05) is 159 Å². The highest BCUT2D eigenvalue weighted by Gasteiger charge is 2.74. The molecule has 0 aromatic rings. The topological polar surface area (TPSA) is 107 Å². The van der Waals surface area contributed by atoms with Gasteiger partial charge in [0, 0.05) is 11.5 Å². The minimum Gasteiger partial charge on any atom is -0.355 e. The zero-order valence-corrected chi connectivity index (χ0v) is 68.7. The standard InChI is InChI=1S/C76H165N11O3/c1-42-64(21,22)72(54-13,79-27)75(81-29,85(36)37)90-71(52-11,53-12)74(80-28,84(34)35)68(47-6,60(77-25)69(48-7,49-8)89-76(86(38)39,87(40)41)73(59(14)15,83(32)33)65(23,43-2)44-3)58-56-63(19,20)55-57-67(45-4,46-5)88-61(78-26)66(24,82(30)31)70(50-9,51-10)62(16,17)18/h59-61,77-81H,42-58H2,1-41H3. The van der Waals surface area contributed by atoms with Crippen molar-refractivity contribution in [3.8, 4) is 0 Å². The molecule has 0 aromatic heterocycles. The third-order valence-corrected chi connectivity index (χ3v) is 27.2. The van der Waals surface area contributed by atoms with Gasteiger partial charge in [-0.2, -0.15) is 0 Å². The van der Waals surface area contributed by atoms with Gasteiger partial charge in [0.25, 0.3) is 0 Å². The molecule has 0 radical (unpaired) electrons. The van der Waals surface area contributed by atoms with Crippen LogP contribution < -0.4 is 26.6 Å². The molecule has 0 aliphatic rings. The predicted octanol–water partition coefficient (Wildman–Crippen LogP) is 15.3. The lowest BCUT2D eigenvalue weighted by Crippen LogP contribution is -2.88. The van der Waals surface area contributed by atoms with Crippen LogP contribution in [0.2, 0.25) is 0 Å². The molecule has 14 nitrogen and oxygen atoms in total. The molecule has 0 aliphatic carbocycles. The van der Waals surface area contributed by atoms with Crippen LogP contribution in [-0.2, 0) is 14.2 Å². The Morgan fingerprint density at radius 2 is 0.878 bits per heavy atom. The van der Waals surface area contributed by atoms with Crippen molar-refractivity contribution in [2.75, 3.05) is 120 Å². The summed E-state index contributed by atoms with van der Waals surface area (Å²) in [7, 11) is 38.3. The van der Waals surface area contributed by atoms with Gasteiger partial charge in [-0.3, -0.25) is 45.3 Å². The summed E-state index contributed by atoms with van der Waals surface area (Å²) < 4.78 is 25.6. The monoisotopic (exact) mass is 1280 g/mol. The minimum atomic E-state index is -1.01. The maximum atomic E-state index is 8.96. The lowest BCUT2D eigenvalue weighted by molar-refractivity contribution is -0.376. The second-order valence-electron chi connectivity index (χ2n) is 32.7. The van der Waals surface area contributed by atoms with E-state index in [4.69, 9.17) is 14.2 Å². The Balaban J connectivity index is 10.2. The Bertz CT molecular complexity index is 2010. The van der Waals surface area contributed by atoms with Gasteiger partial charge in [0.15, 0.2) is 11.7 Å². The molecule has 542 valence electrons. The number of likely N-dealkylation sites (N-methyl/N-ethyl adjacent to an activating group) is 11. The van der Waals surface area contributed by atoms with Crippen molar-refractivity contribution in [1.29, 1.82) is 0 Å². The van der Waals surface area contributed by atoms with Crippen LogP contribution in [0.15, 0.2) is 0 Å². The molecular formula is C76H165N11O3. The predicted molar refractivity (Wildman–Crippen MR) is 396 cm³/mol. The molecule has 8 unspecified atom stereocenters. The van der Waals surface area contributed by atoms with Crippen LogP contribution in [0.4, 0.5) is 0 Å². The minimum absolute atomic E-state index is 0.0224. The van der Waals surface area contributed by atoms with Crippen molar-refractivity contribution in [3.63, 3.8) is 0 Å². The first-order valence-electron chi connectivity index (χ1n) is 36.8. The summed E-state index contributed by atoms with van der Waals surface area (Å²) in [5, 5.41) is 20.6. The molecule has 5 N–H and O–H groups in total. The smallest absolute Gasteiger partial charge is 0.199 e. The van der Waals surface area contributed by atoms with E-state index in [1.807, 2.05) is 0 Å². The number of rotatable bonds is 47. The van der Waals surface area contributed by atoms with Crippen molar-refractivity contribution in [2.45, 2.75) is 338 Å². The number of ether oxygens (including phenoxy) is 3. The first-order valence-corrected chi connectivity index (χ1v) is 36.8. The van der Waals surface area contributed by atoms with Gasteiger partial charge in [-0.05, 0) is 269 Å². The van der Waals surface area contributed by atoms with Gasteiger partial charge in [-0.25, -0.2) is 0 Å². The lowest BCUT2D eigenvalue weighted by atomic mass is 9.52. The van der Waals surface area contributed by atoms with Crippen LogP contribution in [0.5, 0.6) is 0 Å². The maximum absolute atomic E-state index is 8.96. The van der Waals surface area contributed by atoms with E-state index < -0.39 is 45.1 Å². The molecule has 0 bridgehead atoms. The molecule has 14 heteroatoms. The van der Waals surface area contributed by atoms with Gasteiger partial charge >= 0.3 is 0 Å². The SMILES string of the molecule is CCC(CC)(CCC(C)(C)CCC(CC)(C(NC)C(CC)(CC)OC(N(C)C)(N(C)C)C(C(C)C)(N(C)C)C(C)(CC)CC)C(NC)(N(C)C)C(CC)(CC)OC(NC)(N(C)C)C(CC)(NC)C(C)(C)CC)OC(NC)C(C)(N(C)C)C(CC)(CC)C(C)(C)C. The van der Waals surface area contributed by atoms with Gasteiger partial charge in [0.2, 0.25) is 0 Å². The highest BCUT2D eigenvalue weighted by atomic mass is 16.6. The second-order valence-corrected chi connectivity index (χ2v) is 32.7. The Morgan fingerprint density at radius 1 is 0.411 bits per heavy atom. The molecule has 8 atom stereocenters. The van der Waals surface area contributed by atoms with Crippen molar-refractivity contribution in [2.24, 2.45) is 38.4 Å². The molecule has 0 aliphatic heterocycles. The summed E-state index contributed by atoms with van der Waals surface area (Å²) in [4.78, 5) is 14.8. The Kier molecular flexibility index (Phi) is 33.6. The van der Waals surface area contributed by atoms with E-state index >= 15 is 0 Å². The molecule has 0 heterocycles. The summed E-state index contributed by atoms with van der Waals surface area (Å²) >= 11 is 0. The summed E-state index contributed by atoms with van der Waals surface area (Å²) in [6.45, 7) is 58.3. The van der Waals surface area contributed by atoms with Crippen LogP contribution in [0.1, 0.15) is 275 Å². The average Bonchev–Trinajstić information content (AvgIpc) is 0.693. The van der Waals surface area contributed by atoms with E-state index in [1.54, 1.807) is 0 Å². The van der Waals surface area contributed by atoms with Crippen LogP contribution >= 0.6 is 0 Å². The Labute approximate surface area is 564 Å². The molecule has 0 saturated carbocycles. The van der Waals surface area contributed by atoms with Crippen LogP contribution in [0, 0.1) is 38.4 Å². The number of nitrogens with zero attached hydrogens (tertiary/aromatic N) is 6. The largest absolute Gasteiger partial charge is 0.355 e. The van der Waals surface area contributed by atoms with Crippen molar-refractivity contribution < 1.29 is 14.2 Å². The fourth-order valence-corrected chi connectivity index (χ4v) is 21.3. The van der Waals surface area contributed by atoms with Gasteiger partial charge in [0.1, 0.15) is 17.5 Å². The van der Waals surface area contributed by atoms with Crippen LogP contribution in [-0.4, -0.2) is 212 Å². The van der Waals surface area contributed by atoms with Crippen molar-refractivity contribution in [3.05, 3.63) is 0 Å². The summed E-state index contributed by atoms with van der Waals surface area (Å²) in [5.74, 6) is -1.77. The highest BCUT2D eigenvalue weighted by Crippen LogP contribution is 2.63. The van der Waals surface area contributed by atoms with Gasteiger partial charge < -0.3 is 24.8 Å². The van der Waals surface area contributed by atoms with Gasteiger partial charge in [0.05, 0.1) is 27.8 Å². The normalized spacial score (nSPS) is 19.2. The number of hydrogen-bond acceptors (Lipinski definition) is 14. The molecule has 0 amide bonds. The van der Waals surface area contributed by atoms with E-state index in [0.717, 1.165) is 109 Å². The Hall–Kier alpha value is -0.560. The maximum Gasteiger partial charge on any atom is 0.199 e. The average molecular weight is 1280 g/mol. The third kappa shape index (κ3) is 14.2.